The van der Waals surface area contributed by atoms with Gasteiger partial charge in [0.25, 0.3) is 0 Å². The van der Waals surface area contributed by atoms with Crippen molar-refractivity contribution in [3.8, 4) is 22.8 Å². The van der Waals surface area contributed by atoms with Gasteiger partial charge in [0.1, 0.15) is 23.8 Å². The number of aromatic nitrogens is 4. The van der Waals surface area contributed by atoms with E-state index in [9.17, 15) is 9.59 Å². The molecule has 3 aromatic heterocycles. The number of fused-ring (bicyclic) bond motifs is 1. The number of pyridine rings is 1. The van der Waals surface area contributed by atoms with Crippen LogP contribution in [0, 0.1) is 0 Å². The van der Waals surface area contributed by atoms with Gasteiger partial charge in [0.2, 0.25) is 11.8 Å². The molecule has 1 atom stereocenters. The number of likely N-dealkylation sites (N-methyl/N-ethyl adjacent to an activating group) is 1. The maximum absolute atomic E-state index is 12.6. The Kier molecular flexibility index (Phi) is 5.93. The Morgan fingerprint density at radius 1 is 1.08 bits per heavy atom. The largest absolute Gasteiger partial charge is 0.495 e. The second-order valence-electron chi connectivity index (χ2n) is 9.62. The van der Waals surface area contributed by atoms with Gasteiger partial charge in [-0.3, -0.25) is 4.79 Å². The van der Waals surface area contributed by atoms with Crippen molar-refractivity contribution in [2.75, 3.05) is 51.8 Å². The first-order valence-corrected chi connectivity index (χ1v) is 12.5. The van der Waals surface area contributed by atoms with Crippen LogP contribution >= 0.6 is 0 Å². The molecule has 3 aromatic rings. The summed E-state index contributed by atoms with van der Waals surface area (Å²) in [5.74, 6) is 1.98. The molecule has 3 aliphatic rings. The van der Waals surface area contributed by atoms with Crippen LogP contribution < -0.4 is 14.4 Å². The third-order valence-electron chi connectivity index (χ3n) is 6.94. The zero-order valence-electron chi connectivity index (χ0n) is 20.9. The Hall–Kier alpha value is -4.09. The van der Waals surface area contributed by atoms with Gasteiger partial charge in [-0.2, -0.15) is 5.10 Å². The van der Waals surface area contributed by atoms with E-state index in [0.717, 1.165) is 29.8 Å². The average Bonchev–Trinajstić information content (AvgIpc) is 3.54. The fraction of sp³-hybridized carbons (Fsp3) is 0.480. The highest BCUT2D eigenvalue weighted by Crippen LogP contribution is 2.37. The number of rotatable bonds is 6. The van der Waals surface area contributed by atoms with E-state index in [-0.39, 0.29) is 30.6 Å². The topological polar surface area (TPSA) is 115 Å². The van der Waals surface area contributed by atoms with E-state index in [0.29, 0.717) is 50.0 Å². The van der Waals surface area contributed by atoms with Crippen molar-refractivity contribution >= 4 is 23.5 Å². The number of piperazine rings is 1. The number of likely N-dealkylation sites (tertiary alicyclic amines) is 1. The normalized spacial score (nSPS) is 20.0. The second kappa shape index (κ2) is 9.41. The highest BCUT2D eigenvalue weighted by atomic mass is 16.6. The minimum Gasteiger partial charge on any atom is -0.495 e. The molecule has 2 aliphatic heterocycles. The molecule has 0 unspecified atom stereocenters. The predicted molar refractivity (Wildman–Crippen MR) is 133 cm³/mol. The van der Waals surface area contributed by atoms with Crippen molar-refractivity contribution in [2.45, 2.75) is 31.5 Å². The van der Waals surface area contributed by atoms with E-state index in [1.54, 1.807) is 40.9 Å². The number of anilines is 1. The number of hydrogen-bond donors (Lipinski definition) is 0. The average molecular weight is 508 g/mol. The van der Waals surface area contributed by atoms with Crippen LogP contribution in [0.5, 0.6) is 11.6 Å². The van der Waals surface area contributed by atoms with Crippen molar-refractivity contribution < 1.29 is 23.8 Å². The number of nitrogens with zero attached hydrogens (tertiary/aromatic N) is 7. The Morgan fingerprint density at radius 2 is 1.89 bits per heavy atom. The van der Waals surface area contributed by atoms with E-state index in [2.05, 4.69) is 15.0 Å². The van der Waals surface area contributed by atoms with Crippen LogP contribution in [0.25, 0.3) is 16.8 Å². The maximum atomic E-state index is 12.6. The molecule has 1 saturated carbocycles. The Balaban J connectivity index is 1.18. The first-order valence-electron chi connectivity index (χ1n) is 12.5. The standard InChI is InChI=1S/C25H29N7O5/c1-29-15-18(12-22(29)33)37-25(34)31-9-7-30(8-10-31)21-5-6-32-23(28-21)20(14-27-32)19-11-17(35-2)13-26-24(19)36-16-3-4-16/h5-6,11,13-14,16,18H,3-4,7-10,12,15H2,1-2H3/t18-/m1/s1. The summed E-state index contributed by atoms with van der Waals surface area (Å²) < 4.78 is 18.7. The number of hydrogen-bond acceptors (Lipinski definition) is 9. The minimum absolute atomic E-state index is 0.000669. The lowest BCUT2D eigenvalue weighted by molar-refractivity contribution is -0.126. The number of carbonyl (C=O) groups excluding carboxylic acids is 2. The molecule has 1 aliphatic carbocycles. The highest BCUT2D eigenvalue weighted by molar-refractivity contribution is 5.82. The summed E-state index contributed by atoms with van der Waals surface area (Å²) in [5.41, 5.74) is 2.28. The number of methoxy groups -OCH3 is 1. The lowest BCUT2D eigenvalue weighted by Crippen LogP contribution is -2.49. The first-order chi connectivity index (χ1) is 18.0. The maximum Gasteiger partial charge on any atom is 0.410 e. The van der Waals surface area contributed by atoms with E-state index >= 15 is 0 Å². The molecule has 12 heteroatoms. The molecular formula is C25H29N7O5. The summed E-state index contributed by atoms with van der Waals surface area (Å²) in [6, 6.07) is 3.82. The van der Waals surface area contributed by atoms with Crippen LogP contribution in [0.1, 0.15) is 19.3 Å². The number of amides is 2. The molecule has 0 bridgehead atoms. The van der Waals surface area contributed by atoms with Crippen molar-refractivity contribution in [1.82, 2.24) is 29.4 Å². The van der Waals surface area contributed by atoms with Gasteiger partial charge in [-0.15, -0.1) is 0 Å². The van der Waals surface area contributed by atoms with Crippen molar-refractivity contribution in [2.24, 2.45) is 0 Å². The Labute approximate surface area is 213 Å². The molecule has 2 amide bonds. The van der Waals surface area contributed by atoms with Gasteiger partial charge in [-0.25, -0.2) is 19.3 Å². The first kappa shape index (κ1) is 23.3. The summed E-state index contributed by atoms with van der Waals surface area (Å²) in [6.45, 7) is 2.68. The van der Waals surface area contributed by atoms with Crippen LogP contribution in [-0.2, 0) is 9.53 Å². The van der Waals surface area contributed by atoms with Crippen molar-refractivity contribution in [3.05, 3.63) is 30.7 Å². The van der Waals surface area contributed by atoms with Gasteiger partial charge in [-0.1, -0.05) is 0 Å². The van der Waals surface area contributed by atoms with E-state index < -0.39 is 0 Å². The Bertz CT molecular complexity index is 1330. The molecule has 0 radical (unpaired) electrons. The fourth-order valence-electron chi connectivity index (χ4n) is 4.64. The molecule has 37 heavy (non-hydrogen) atoms. The lowest BCUT2D eigenvalue weighted by Gasteiger charge is -2.35. The van der Waals surface area contributed by atoms with Gasteiger partial charge in [0.15, 0.2) is 5.65 Å². The molecule has 0 spiro atoms. The van der Waals surface area contributed by atoms with Gasteiger partial charge < -0.3 is 28.9 Å². The van der Waals surface area contributed by atoms with Crippen LogP contribution in [0.15, 0.2) is 30.7 Å². The molecule has 12 nitrogen and oxygen atoms in total. The van der Waals surface area contributed by atoms with Crippen LogP contribution in [-0.4, -0.2) is 100 Å². The quantitative estimate of drug-likeness (QED) is 0.493. The van der Waals surface area contributed by atoms with Crippen LogP contribution in [0.3, 0.4) is 0 Å². The summed E-state index contributed by atoms with van der Waals surface area (Å²) in [7, 11) is 3.33. The third-order valence-corrected chi connectivity index (χ3v) is 6.94. The molecule has 5 heterocycles. The molecule has 3 fully saturated rings. The van der Waals surface area contributed by atoms with Gasteiger partial charge in [0, 0.05) is 39.4 Å². The van der Waals surface area contributed by atoms with E-state index in [4.69, 9.17) is 19.2 Å². The zero-order valence-corrected chi connectivity index (χ0v) is 20.9. The minimum atomic E-state index is -0.382. The SMILES string of the molecule is COc1cnc(OC2CC2)c(-c2cnn3ccc(N4CCN(C(=O)O[C@@H]5CC(=O)N(C)C5)CC4)nc23)c1. The van der Waals surface area contributed by atoms with Gasteiger partial charge >= 0.3 is 6.09 Å². The van der Waals surface area contributed by atoms with Crippen LogP contribution in [0.4, 0.5) is 10.6 Å². The molecule has 194 valence electrons. The predicted octanol–water partition coefficient (Wildman–Crippen LogP) is 1.83. The molecule has 6 rings (SSSR count). The van der Waals surface area contributed by atoms with Crippen LogP contribution in [0.2, 0.25) is 0 Å². The second-order valence-corrected chi connectivity index (χ2v) is 9.62. The van der Waals surface area contributed by atoms with Crippen molar-refractivity contribution in [1.29, 1.82) is 0 Å². The van der Waals surface area contributed by atoms with Crippen molar-refractivity contribution in [3.63, 3.8) is 0 Å². The molecule has 0 N–H and O–H groups in total. The van der Waals surface area contributed by atoms with Gasteiger partial charge in [0.05, 0.1) is 43.6 Å². The summed E-state index contributed by atoms with van der Waals surface area (Å²) >= 11 is 0. The smallest absolute Gasteiger partial charge is 0.410 e. The van der Waals surface area contributed by atoms with E-state index in [1.807, 2.05) is 18.3 Å². The monoisotopic (exact) mass is 507 g/mol. The summed E-state index contributed by atoms with van der Waals surface area (Å²) in [6.07, 6.45) is 7.04. The summed E-state index contributed by atoms with van der Waals surface area (Å²) in [5, 5.41) is 4.48. The lowest BCUT2D eigenvalue weighted by atomic mass is 10.1. The molecule has 0 aromatic carbocycles. The Morgan fingerprint density at radius 3 is 2.59 bits per heavy atom. The molecule has 2 saturated heterocycles. The number of ether oxygens (including phenoxy) is 3. The van der Waals surface area contributed by atoms with Gasteiger partial charge in [-0.05, 0) is 25.0 Å². The summed E-state index contributed by atoms with van der Waals surface area (Å²) in [4.78, 5) is 39.1. The molecular weight excluding hydrogens is 478 g/mol. The fourth-order valence-corrected chi connectivity index (χ4v) is 4.64. The highest BCUT2D eigenvalue weighted by Gasteiger charge is 2.32. The zero-order chi connectivity index (χ0) is 25.5. The van der Waals surface area contributed by atoms with E-state index in [1.165, 1.54) is 0 Å². The number of carbonyl (C=O) groups is 2. The third kappa shape index (κ3) is 4.70.